The van der Waals surface area contributed by atoms with E-state index in [1.54, 1.807) is 39.0 Å². The van der Waals surface area contributed by atoms with Gasteiger partial charge in [0.1, 0.15) is 11.2 Å². The zero-order valence-electron chi connectivity index (χ0n) is 31.5. The predicted octanol–water partition coefficient (Wildman–Crippen LogP) is 6.69. The summed E-state index contributed by atoms with van der Waals surface area (Å²) in [5, 5.41) is 24.5. The monoisotopic (exact) mass is 722 g/mol. The van der Waals surface area contributed by atoms with Crippen LogP contribution in [0.2, 0.25) is 5.04 Å². The highest BCUT2D eigenvalue weighted by atomic mass is 32.2. The van der Waals surface area contributed by atoms with E-state index >= 15 is 0 Å². The van der Waals surface area contributed by atoms with Gasteiger partial charge >= 0.3 is 5.97 Å². The minimum Gasteiger partial charge on any atom is -0.460 e. The lowest BCUT2D eigenvalue weighted by molar-refractivity contribution is -0.157. The number of carbonyl (C=O) groups excluding carboxylic acids is 1. The number of hydrogen-bond donors (Lipinski definition) is 2. The smallest absolute Gasteiger partial charge is 0.310 e. The van der Waals surface area contributed by atoms with Crippen molar-refractivity contribution < 1.29 is 32.6 Å². The summed E-state index contributed by atoms with van der Waals surface area (Å²) in [4.78, 5) is 13.3. The minimum absolute atomic E-state index is 0.00763. The van der Waals surface area contributed by atoms with E-state index in [0.29, 0.717) is 6.42 Å². The number of ether oxygens (including phenoxy) is 1. The van der Waals surface area contributed by atoms with Gasteiger partial charge in [-0.1, -0.05) is 113 Å². The van der Waals surface area contributed by atoms with Crippen molar-refractivity contribution in [2.24, 2.45) is 17.3 Å². The number of esters is 1. The van der Waals surface area contributed by atoms with Gasteiger partial charge in [-0.25, -0.2) is 8.42 Å². The average Bonchev–Trinajstić information content (AvgIpc) is 3.60. The highest BCUT2D eigenvalue weighted by molar-refractivity contribution is 7.92. The molecule has 3 aromatic rings. The molecule has 4 unspecified atom stereocenters. The summed E-state index contributed by atoms with van der Waals surface area (Å²) < 4.78 is 41.5. The fourth-order valence-corrected chi connectivity index (χ4v) is 14.5. The Labute approximate surface area is 301 Å². The Balaban J connectivity index is 1.62. The highest BCUT2D eigenvalue weighted by Gasteiger charge is 2.65. The second-order valence-corrected chi connectivity index (χ2v) is 23.3. The van der Waals surface area contributed by atoms with Crippen molar-refractivity contribution in [3.05, 3.63) is 91.0 Å². The highest BCUT2D eigenvalue weighted by Crippen LogP contribution is 2.62. The molecule has 1 aliphatic carbocycles. The van der Waals surface area contributed by atoms with Crippen molar-refractivity contribution in [1.82, 2.24) is 0 Å². The number of rotatable bonds is 14. The fourth-order valence-electron chi connectivity index (χ4n) is 7.65. The van der Waals surface area contributed by atoms with Crippen LogP contribution in [0.15, 0.2) is 95.9 Å². The van der Waals surface area contributed by atoms with Crippen LogP contribution in [-0.4, -0.2) is 61.6 Å². The largest absolute Gasteiger partial charge is 0.460 e. The summed E-state index contributed by atoms with van der Waals surface area (Å²) in [6.07, 6.45) is -1.23. The SMILES string of the molecule is CC(CCC(O)C(C)(O)C(C[C@@H]1[C@@H](C(=O)OC(C)(C)C)C1(C)C)S(=O)(=O)c1ccccc1)O[Si](c1ccccc1)(c1ccccc1)C(C)(C)C. The number of carbonyl (C=O) groups is 1. The molecular weight excluding hydrogens is 665 g/mol. The zero-order valence-corrected chi connectivity index (χ0v) is 33.3. The van der Waals surface area contributed by atoms with Crippen molar-refractivity contribution in [2.75, 3.05) is 0 Å². The van der Waals surface area contributed by atoms with E-state index in [2.05, 4.69) is 45.0 Å². The Morgan fingerprint density at radius 3 is 1.72 bits per heavy atom. The first-order valence-electron chi connectivity index (χ1n) is 17.8. The topological polar surface area (TPSA) is 110 Å². The molecule has 1 fully saturated rings. The third-order valence-electron chi connectivity index (χ3n) is 10.6. The third kappa shape index (κ3) is 8.28. The molecule has 9 heteroatoms. The standard InChI is InChI=1S/C41H58O7SSi/c1-29(48-50(39(5,6)7,31-22-16-12-17-23-31)32-24-18-13-19-25-32)26-27-34(42)41(10,44)35(49(45,46)30-20-14-11-15-21-30)28-33-36(40(33,8)9)37(43)47-38(2,3)4/h11-25,29,33-36,42,44H,26-28H2,1-10H3/t29?,33-,34?,35?,36+,41?/m1/s1. The second kappa shape index (κ2) is 14.7. The van der Waals surface area contributed by atoms with Gasteiger partial charge in [-0.05, 0) is 92.8 Å². The molecule has 4 rings (SSSR count). The van der Waals surface area contributed by atoms with E-state index < -0.39 is 52.0 Å². The van der Waals surface area contributed by atoms with E-state index in [1.165, 1.54) is 19.1 Å². The number of aliphatic hydroxyl groups excluding tert-OH is 1. The summed E-state index contributed by atoms with van der Waals surface area (Å²) in [5.74, 6) is -1.27. The summed E-state index contributed by atoms with van der Waals surface area (Å²) in [6, 6.07) is 28.6. The maximum absolute atomic E-state index is 14.3. The van der Waals surface area contributed by atoms with Gasteiger partial charge in [0, 0.05) is 6.10 Å². The number of benzene rings is 3. The van der Waals surface area contributed by atoms with E-state index in [4.69, 9.17) is 9.16 Å². The molecule has 274 valence electrons. The van der Waals surface area contributed by atoms with Crippen LogP contribution in [0.5, 0.6) is 0 Å². The molecule has 50 heavy (non-hydrogen) atoms. The van der Waals surface area contributed by atoms with Gasteiger partial charge in [0.15, 0.2) is 9.84 Å². The maximum Gasteiger partial charge on any atom is 0.310 e. The van der Waals surface area contributed by atoms with E-state index in [9.17, 15) is 23.4 Å². The normalized spacial score (nSPS) is 21.0. The second-order valence-electron chi connectivity index (χ2n) is 16.9. The van der Waals surface area contributed by atoms with Crippen LogP contribution in [-0.2, 0) is 23.8 Å². The van der Waals surface area contributed by atoms with Crippen LogP contribution in [0.1, 0.15) is 88.5 Å². The molecular formula is C41H58O7SSi. The predicted molar refractivity (Wildman–Crippen MR) is 203 cm³/mol. The van der Waals surface area contributed by atoms with Gasteiger partial charge in [-0.15, -0.1) is 0 Å². The van der Waals surface area contributed by atoms with Crippen molar-refractivity contribution in [2.45, 2.75) is 127 Å². The van der Waals surface area contributed by atoms with Crippen LogP contribution in [0, 0.1) is 17.3 Å². The zero-order chi connectivity index (χ0) is 37.3. The lowest BCUT2D eigenvalue weighted by atomic mass is 9.87. The molecule has 0 spiro atoms. The number of sulfone groups is 1. The van der Waals surface area contributed by atoms with Gasteiger partial charge < -0.3 is 19.4 Å². The van der Waals surface area contributed by atoms with Gasteiger partial charge in [-0.3, -0.25) is 4.79 Å². The quantitative estimate of drug-likeness (QED) is 0.141. The summed E-state index contributed by atoms with van der Waals surface area (Å²) >= 11 is 0. The molecule has 7 nitrogen and oxygen atoms in total. The Morgan fingerprint density at radius 1 is 0.820 bits per heavy atom. The molecule has 0 radical (unpaired) electrons. The molecule has 0 aromatic heterocycles. The molecule has 3 aromatic carbocycles. The molecule has 0 saturated heterocycles. The van der Waals surface area contributed by atoms with Crippen LogP contribution < -0.4 is 10.4 Å². The van der Waals surface area contributed by atoms with Crippen LogP contribution in [0.4, 0.5) is 0 Å². The Kier molecular flexibility index (Phi) is 11.7. The Hall–Kier alpha value is -2.82. The van der Waals surface area contributed by atoms with Crippen molar-refractivity contribution in [3.63, 3.8) is 0 Å². The molecule has 2 N–H and O–H groups in total. The average molecular weight is 723 g/mol. The summed E-state index contributed by atoms with van der Waals surface area (Å²) in [7, 11) is -7.01. The van der Waals surface area contributed by atoms with Gasteiger partial charge in [0.2, 0.25) is 0 Å². The van der Waals surface area contributed by atoms with Crippen LogP contribution >= 0.6 is 0 Å². The summed E-state index contributed by atoms with van der Waals surface area (Å²) in [5.41, 5.74) is -3.26. The molecule has 0 aliphatic heterocycles. The van der Waals surface area contributed by atoms with Crippen LogP contribution in [0.3, 0.4) is 0 Å². The Bertz CT molecular complexity index is 1640. The molecule has 1 saturated carbocycles. The van der Waals surface area contributed by atoms with Crippen molar-refractivity contribution in [3.8, 4) is 0 Å². The first kappa shape index (κ1) is 40.0. The van der Waals surface area contributed by atoms with Gasteiger partial charge in [0.25, 0.3) is 8.32 Å². The maximum atomic E-state index is 14.3. The molecule has 0 amide bonds. The molecule has 0 heterocycles. The Morgan fingerprint density at radius 2 is 1.28 bits per heavy atom. The van der Waals surface area contributed by atoms with E-state index in [1.807, 2.05) is 57.2 Å². The fraction of sp³-hybridized carbons (Fsp3) is 0.537. The first-order chi connectivity index (χ1) is 23.1. The third-order valence-corrected chi connectivity index (χ3v) is 18.1. The minimum atomic E-state index is -4.14. The lowest BCUT2D eigenvalue weighted by Crippen LogP contribution is -2.67. The number of aliphatic hydroxyl groups is 2. The van der Waals surface area contributed by atoms with Gasteiger partial charge in [0.05, 0.1) is 22.2 Å². The van der Waals surface area contributed by atoms with E-state index in [-0.39, 0.29) is 40.8 Å². The molecule has 1 aliphatic rings. The first-order valence-corrected chi connectivity index (χ1v) is 21.2. The lowest BCUT2D eigenvalue weighted by Gasteiger charge is -2.45. The van der Waals surface area contributed by atoms with Crippen molar-refractivity contribution in [1.29, 1.82) is 0 Å². The van der Waals surface area contributed by atoms with E-state index in [0.717, 1.165) is 10.4 Å². The van der Waals surface area contributed by atoms with Crippen molar-refractivity contribution >= 4 is 34.5 Å². The summed E-state index contributed by atoms with van der Waals surface area (Å²) in [6.45, 7) is 19.3. The molecule has 0 bridgehead atoms. The molecule has 6 atom stereocenters. The van der Waals surface area contributed by atoms with Crippen LogP contribution in [0.25, 0.3) is 0 Å². The van der Waals surface area contributed by atoms with Gasteiger partial charge in [-0.2, -0.15) is 0 Å². The number of hydrogen-bond acceptors (Lipinski definition) is 7.